The van der Waals surface area contributed by atoms with Gasteiger partial charge in [0.25, 0.3) is 0 Å². The number of carbonyl (C=O) groups is 2. The zero-order valence-electron chi connectivity index (χ0n) is 14.8. The van der Waals surface area contributed by atoms with Gasteiger partial charge in [-0.3, -0.25) is 9.62 Å². The fraction of sp³-hybridized carbons (Fsp3) is 0.222. The zero-order valence-corrected chi connectivity index (χ0v) is 15.6. The summed E-state index contributed by atoms with van der Waals surface area (Å²) < 4.78 is 30.1. The maximum absolute atomic E-state index is 12.5. The second-order valence-corrected chi connectivity index (χ2v) is 7.59. The van der Waals surface area contributed by atoms with Crippen molar-refractivity contribution in [1.82, 2.24) is 0 Å². The van der Waals surface area contributed by atoms with E-state index in [-0.39, 0.29) is 12.3 Å². The van der Waals surface area contributed by atoms with E-state index in [1.165, 1.54) is 31.2 Å². The molecule has 0 fully saturated rings. The lowest BCUT2D eigenvalue weighted by atomic mass is 10.2. The van der Waals surface area contributed by atoms with E-state index in [0.717, 1.165) is 16.7 Å². The average Bonchev–Trinajstić information content (AvgIpc) is 2.61. The maximum atomic E-state index is 12.5. The number of ether oxygens (including phenoxy) is 1. The van der Waals surface area contributed by atoms with Crippen molar-refractivity contribution < 1.29 is 27.9 Å². The van der Waals surface area contributed by atoms with Gasteiger partial charge in [0, 0.05) is 11.4 Å². The van der Waals surface area contributed by atoms with E-state index >= 15 is 0 Å². The van der Waals surface area contributed by atoms with E-state index in [2.05, 4.69) is 4.72 Å². The van der Waals surface area contributed by atoms with Crippen LogP contribution in [0.4, 0.5) is 16.2 Å². The van der Waals surface area contributed by atoms with Crippen LogP contribution in [0.15, 0.2) is 54.6 Å². The van der Waals surface area contributed by atoms with Crippen LogP contribution in [0.5, 0.6) is 0 Å². The van der Waals surface area contributed by atoms with Crippen LogP contribution in [0, 0.1) is 0 Å². The molecule has 9 heteroatoms. The maximum Gasteiger partial charge on any atom is 0.415 e. The lowest BCUT2D eigenvalue weighted by Crippen LogP contribution is -2.43. The molecule has 2 aromatic rings. The predicted octanol–water partition coefficient (Wildman–Crippen LogP) is 2.67. The van der Waals surface area contributed by atoms with Crippen molar-refractivity contribution in [2.75, 3.05) is 15.9 Å². The first-order valence-electron chi connectivity index (χ1n) is 7.98. The molecule has 0 saturated carbocycles. The molecule has 0 radical (unpaired) electrons. The quantitative estimate of drug-likeness (QED) is 0.749. The second-order valence-electron chi connectivity index (χ2n) is 5.85. The number of hydrogen-bond donors (Lipinski definition) is 2. The van der Waals surface area contributed by atoms with Gasteiger partial charge in [-0.1, -0.05) is 30.3 Å². The van der Waals surface area contributed by atoms with Crippen LogP contribution in [-0.2, 0) is 26.2 Å². The number of sulfonamides is 1. The van der Waals surface area contributed by atoms with Gasteiger partial charge in [-0.2, -0.15) is 0 Å². The molecule has 0 spiro atoms. The Labute approximate surface area is 157 Å². The van der Waals surface area contributed by atoms with Crippen molar-refractivity contribution in [2.45, 2.75) is 19.6 Å². The number of carbonyl (C=O) groups excluding carboxylic acids is 1. The van der Waals surface area contributed by atoms with Gasteiger partial charge in [0.2, 0.25) is 10.0 Å². The molecule has 0 aromatic heterocycles. The topological polar surface area (TPSA) is 113 Å². The van der Waals surface area contributed by atoms with Crippen LogP contribution in [0.3, 0.4) is 0 Å². The van der Waals surface area contributed by atoms with Crippen LogP contribution in [0.25, 0.3) is 0 Å². The van der Waals surface area contributed by atoms with Crippen molar-refractivity contribution in [1.29, 1.82) is 0 Å². The number of nitrogens with one attached hydrogen (secondary N) is 1. The number of hydrogen-bond acceptors (Lipinski definition) is 5. The van der Waals surface area contributed by atoms with Crippen molar-refractivity contribution in [3.05, 3.63) is 60.2 Å². The molecular formula is C18H20N2O6S. The Morgan fingerprint density at radius 3 is 2.22 bits per heavy atom. The average molecular weight is 392 g/mol. The highest BCUT2D eigenvalue weighted by molar-refractivity contribution is 7.92. The first kappa shape index (κ1) is 20.2. The summed E-state index contributed by atoms with van der Waals surface area (Å²) >= 11 is 0. The van der Waals surface area contributed by atoms with E-state index in [4.69, 9.17) is 4.74 Å². The third kappa shape index (κ3) is 6.00. The Kier molecular flexibility index (Phi) is 6.40. The Hall–Kier alpha value is -3.07. The summed E-state index contributed by atoms with van der Waals surface area (Å²) in [6.07, 6.45) is 0.193. The van der Waals surface area contributed by atoms with E-state index < -0.39 is 28.1 Å². The summed E-state index contributed by atoms with van der Waals surface area (Å²) in [6, 6.07) is 13.6. The first-order chi connectivity index (χ1) is 12.7. The van der Waals surface area contributed by atoms with Gasteiger partial charge in [0.05, 0.1) is 6.26 Å². The molecule has 0 saturated heterocycles. The number of nitrogens with zero attached hydrogens (tertiary/aromatic N) is 1. The molecule has 2 rings (SSSR count). The van der Waals surface area contributed by atoms with Crippen LogP contribution in [0.1, 0.15) is 12.5 Å². The van der Waals surface area contributed by atoms with E-state index in [9.17, 15) is 23.1 Å². The number of carboxylic acid groups (broad SMARTS) is 1. The molecule has 8 nitrogen and oxygen atoms in total. The fourth-order valence-corrected chi connectivity index (χ4v) is 2.85. The highest BCUT2D eigenvalue weighted by atomic mass is 32.2. The molecular weight excluding hydrogens is 372 g/mol. The lowest BCUT2D eigenvalue weighted by molar-refractivity contribution is -0.138. The molecule has 1 atom stereocenters. The second kappa shape index (κ2) is 8.54. The van der Waals surface area contributed by atoms with Crippen molar-refractivity contribution >= 4 is 33.5 Å². The number of carboxylic acids is 1. The van der Waals surface area contributed by atoms with Crippen LogP contribution < -0.4 is 9.62 Å². The normalized spacial score (nSPS) is 12.1. The SMILES string of the molecule is C[C@@H](C(=O)O)N(C(=O)OCc1ccccc1)c1ccc(NS(C)(=O)=O)cc1. The summed E-state index contributed by atoms with van der Waals surface area (Å²) in [5.41, 5.74) is 1.32. The first-order valence-corrected chi connectivity index (χ1v) is 9.87. The van der Waals surface area contributed by atoms with Crippen LogP contribution in [0.2, 0.25) is 0 Å². The molecule has 2 aromatic carbocycles. The van der Waals surface area contributed by atoms with Crippen molar-refractivity contribution in [2.24, 2.45) is 0 Å². The van der Waals surface area contributed by atoms with Gasteiger partial charge in [-0.25, -0.2) is 18.0 Å². The largest absolute Gasteiger partial charge is 0.480 e. The third-order valence-corrected chi connectivity index (χ3v) is 4.20. The number of rotatable bonds is 7. The Bertz CT molecular complexity index is 897. The highest BCUT2D eigenvalue weighted by Crippen LogP contribution is 2.22. The summed E-state index contributed by atoms with van der Waals surface area (Å²) in [7, 11) is -3.44. The Balaban J connectivity index is 2.20. The minimum atomic E-state index is -3.44. The number of anilines is 2. The van der Waals surface area contributed by atoms with Crippen molar-refractivity contribution in [3.8, 4) is 0 Å². The lowest BCUT2D eigenvalue weighted by Gasteiger charge is -2.26. The smallest absolute Gasteiger partial charge is 0.415 e. The number of amides is 1. The van der Waals surface area contributed by atoms with Gasteiger partial charge in [-0.05, 0) is 36.8 Å². The Morgan fingerprint density at radius 1 is 1.11 bits per heavy atom. The summed E-state index contributed by atoms with van der Waals surface area (Å²) in [4.78, 5) is 24.9. The van der Waals surface area contributed by atoms with Gasteiger partial charge in [0.1, 0.15) is 12.6 Å². The molecule has 0 heterocycles. The summed E-state index contributed by atoms with van der Waals surface area (Å²) in [6.45, 7) is 1.35. The molecule has 0 aliphatic heterocycles. The third-order valence-electron chi connectivity index (χ3n) is 3.60. The van der Waals surface area contributed by atoms with Crippen LogP contribution >= 0.6 is 0 Å². The minimum absolute atomic E-state index is 0.00374. The Morgan fingerprint density at radius 2 is 1.70 bits per heavy atom. The van der Waals surface area contributed by atoms with Gasteiger partial charge in [0.15, 0.2) is 0 Å². The number of aliphatic carboxylic acids is 1. The molecule has 27 heavy (non-hydrogen) atoms. The molecule has 0 unspecified atom stereocenters. The molecule has 0 aliphatic rings. The molecule has 0 bridgehead atoms. The molecule has 0 aliphatic carbocycles. The predicted molar refractivity (Wildman–Crippen MR) is 101 cm³/mol. The minimum Gasteiger partial charge on any atom is -0.480 e. The van der Waals surface area contributed by atoms with E-state index in [0.29, 0.717) is 5.69 Å². The number of benzene rings is 2. The summed E-state index contributed by atoms with van der Waals surface area (Å²) in [5.74, 6) is -1.20. The summed E-state index contributed by atoms with van der Waals surface area (Å²) in [5, 5.41) is 9.31. The molecule has 2 N–H and O–H groups in total. The van der Waals surface area contributed by atoms with E-state index in [1.54, 1.807) is 24.3 Å². The molecule has 144 valence electrons. The fourth-order valence-electron chi connectivity index (χ4n) is 2.29. The monoisotopic (exact) mass is 392 g/mol. The van der Waals surface area contributed by atoms with Gasteiger partial charge < -0.3 is 9.84 Å². The highest BCUT2D eigenvalue weighted by Gasteiger charge is 2.28. The molecule has 1 amide bonds. The van der Waals surface area contributed by atoms with Crippen LogP contribution in [-0.4, -0.2) is 37.9 Å². The van der Waals surface area contributed by atoms with E-state index in [1.807, 2.05) is 6.07 Å². The van der Waals surface area contributed by atoms with Gasteiger partial charge in [-0.15, -0.1) is 0 Å². The van der Waals surface area contributed by atoms with Gasteiger partial charge >= 0.3 is 12.1 Å². The van der Waals surface area contributed by atoms with Crippen molar-refractivity contribution in [3.63, 3.8) is 0 Å². The standard InChI is InChI=1S/C18H20N2O6S/c1-13(17(21)22)20(18(23)26-12-14-6-4-3-5-7-14)16-10-8-15(9-11-16)19-27(2,24)25/h3-11,13,19H,12H2,1-2H3,(H,21,22)/t13-/m0/s1. The zero-order chi connectivity index (χ0) is 20.0.